The van der Waals surface area contributed by atoms with Crippen LogP contribution in [-0.2, 0) is 0 Å². The summed E-state index contributed by atoms with van der Waals surface area (Å²) in [7, 11) is 0. The molecule has 0 spiro atoms. The number of pyridine rings is 1. The summed E-state index contributed by atoms with van der Waals surface area (Å²) in [5.41, 5.74) is 5.81. The highest BCUT2D eigenvalue weighted by molar-refractivity contribution is 5.94. The van der Waals surface area contributed by atoms with Gasteiger partial charge < -0.3 is 16.0 Å². The lowest BCUT2D eigenvalue weighted by Crippen LogP contribution is -2.48. The quantitative estimate of drug-likeness (QED) is 0.889. The van der Waals surface area contributed by atoms with E-state index in [1.165, 1.54) is 25.7 Å². The molecule has 1 aromatic heterocycles. The van der Waals surface area contributed by atoms with Gasteiger partial charge in [0.25, 0.3) is 5.91 Å². The van der Waals surface area contributed by atoms with Crippen LogP contribution in [0, 0.1) is 0 Å². The van der Waals surface area contributed by atoms with Crippen molar-refractivity contribution in [3.63, 3.8) is 0 Å². The zero-order valence-corrected chi connectivity index (χ0v) is 13.1. The SMILES string of the molecule is CC(C)(CN)NC(=O)c1ccc(N2CCCCCC2)nc1. The summed E-state index contributed by atoms with van der Waals surface area (Å²) >= 11 is 0. The minimum Gasteiger partial charge on any atom is -0.357 e. The standard InChI is InChI=1S/C16H26N4O/c1-16(2,12-17)19-15(21)13-7-8-14(18-11-13)20-9-5-3-4-6-10-20/h7-8,11H,3-6,9-10,12,17H2,1-2H3,(H,19,21). The van der Waals surface area contributed by atoms with Crippen molar-refractivity contribution >= 4 is 11.7 Å². The Labute approximate surface area is 126 Å². The smallest absolute Gasteiger partial charge is 0.253 e. The van der Waals surface area contributed by atoms with Gasteiger partial charge in [0, 0.05) is 31.4 Å². The Morgan fingerprint density at radius 1 is 1.29 bits per heavy atom. The van der Waals surface area contributed by atoms with Gasteiger partial charge in [0.15, 0.2) is 0 Å². The largest absolute Gasteiger partial charge is 0.357 e. The number of carbonyl (C=O) groups excluding carboxylic acids is 1. The van der Waals surface area contributed by atoms with Crippen molar-refractivity contribution in [2.75, 3.05) is 24.5 Å². The van der Waals surface area contributed by atoms with Gasteiger partial charge >= 0.3 is 0 Å². The van der Waals surface area contributed by atoms with Gasteiger partial charge in [-0.15, -0.1) is 0 Å². The van der Waals surface area contributed by atoms with Crippen molar-refractivity contribution in [1.82, 2.24) is 10.3 Å². The Bertz CT molecular complexity index is 462. The van der Waals surface area contributed by atoms with Crippen molar-refractivity contribution in [2.45, 2.75) is 45.1 Å². The Kier molecular flexibility index (Phi) is 5.17. The van der Waals surface area contributed by atoms with Crippen molar-refractivity contribution in [3.8, 4) is 0 Å². The van der Waals surface area contributed by atoms with Crippen LogP contribution < -0.4 is 16.0 Å². The number of hydrogen-bond donors (Lipinski definition) is 2. The van der Waals surface area contributed by atoms with E-state index in [1.807, 2.05) is 26.0 Å². The fourth-order valence-corrected chi connectivity index (χ4v) is 2.44. The molecule has 0 atom stereocenters. The van der Waals surface area contributed by atoms with E-state index >= 15 is 0 Å². The minimum absolute atomic E-state index is 0.125. The first-order valence-corrected chi connectivity index (χ1v) is 7.75. The number of hydrogen-bond acceptors (Lipinski definition) is 4. The molecule has 2 heterocycles. The summed E-state index contributed by atoms with van der Waals surface area (Å²) in [6.07, 6.45) is 6.68. The monoisotopic (exact) mass is 290 g/mol. The van der Waals surface area contributed by atoms with E-state index in [-0.39, 0.29) is 5.91 Å². The third-order valence-electron chi connectivity index (χ3n) is 3.90. The first-order chi connectivity index (χ1) is 10.0. The van der Waals surface area contributed by atoms with E-state index in [2.05, 4.69) is 15.2 Å². The lowest BCUT2D eigenvalue weighted by atomic mass is 10.1. The van der Waals surface area contributed by atoms with Crippen LogP contribution in [0.1, 0.15) is 49.9 Å². The zero-order valence-electron chi connectivity index (χ0n) is 13.1. The molecule has 0 radical (unpaired) electrons. The third kappa shape index (κ3) is 4.43. The molecule has 0 unspecified atom stereocenters. The summed E-state index contributed by atoms with van der Waals surface area (Å²) in [6, 6.07) is 3.78. The van der Waals surface area contributed by atoms with E-state index in [4.69, 9.17) is 5.73 Å². The molecular formula is C16H26N4O. The second-order valence-corrected chi connectivity index (χ2v) is 6.35. The molecule has 1 amide bonds. The summed E-state index contributed by atoms with van der Waals surface area (Å²) in [4.78, 5) is 18.9. The van der Waals surface area contributed by atoms with Gasteiger partial charge in [-0.05, 0) is 38.8 Å². The first-order valence-electron chi connectivity index (χ1n) is 7.75. The summed E-state index contributed by atoms with van der Waals surface area (Å²) in [5, 5.41) is 2.91. The molecule has 1 saturated heterocycles. The summed E-state index contributed by atoms with van der Waals surface area (Å²) in [6.45, 7) is 6.32. The van der Waals surface area contributed by atoms with E-state index in [0.29, 0.717) is 12.1 Å². The number of anilines is 1. The molecule has 0 aliphatic carbocycles. The van der Waals surface area contributed by atoms with Gasteiger partial charge in [-0.1, -0.05) is 12.8 Å². The Morgan fingerprint density at radius 3 is 2.48 bits per heavy atom. The van der Waals surface area contributed by atoms with E-state index in [9.17, 15) is 4.79 Å². The van der Waals surface area contributed by atoms with Crippen LogP contribution in [-0.4, -0.2) is 36.1 Å². The van der Waals surface area contributed by atoms with Crippen LogP contribution in [0.25, 0.3) is 0 Å². The average molecular weight is 290 g/mol. The lowest BCUT2D eigenvalue weighted by molar-refractivity contribution is 0.0915. The molecule has 5 heteroatoms. The first kappa shape index (κ1) is 15.8. The second-order valence-electron chi connectivity index (χ2n) is 6.35. The molecule has 3 N–H and O–H groups in total. The van der Waals surface area contributed by atoms with Crippen LogP contribution in [0.4, 0.5) is 5.82 Å². The molecule has 116 valence electrons. The molecule has 5 nitrogen and oxygen atoms in total. The average Bonchev–Trinajstić information content (AvgIpc) is 2.76. The zero-order chi connectivity index (χ0) is 15.3. The molecule has 0 aromatic carbocycles. The topological polar surface area (TPSA) is 71.2 Å². The molecule has 2 rings (SSSR count). The predicted octanol–water partition coefficient (Wildman–Crippen LogP) is 1.93. The van der Waals surface area contributed by atoms with Gasteiger partial charge in [-0.3, -0.25) is 4.79 Å². The lowest BCUT2D eigenvalue weighted by Gasteiger charge is -2.24. The van der Waals surface area contributed by atoms with Crippen LogP contribution >= 0.6 is 0 Å². The Morgan fingerprint density at radius 2 is 1.95 bits per heavy atom. The Balaban J connectivity index is 2.02. The minimum atomic E-state index is -0.402. The molecule has 1 aliphatic heterocycles. The number of nitrogens with one attached hydrogen (secondary N) is 1. The molecule has 1 aromatic rings. The van der Waals surface area contributed by atoms with Crippen LogP contribution in [0.5, 0.6) is 0 Å². The molecular weight excluding hydrogens is 264 g/mol. The van der Waals surface area contributed by atoms with Crippen molar-refractivity contribution < 1.29 is 4.79 Å². The van der Waals surface area contributed by atoms with Crippen LogP contribution in [0.3, 0.4) is 0 Å². The molecule has 0 saturated carbocycles. The van der Waals surface area contributed by atoms with Crippen LogP contribution in [0.15, 0.2) is 18.3 Å². The van der Waals surface area contributed by atoms with Crippen molar-refractivity contribution in [2.24, 2.45) is 5.73 Å². The molecule has 1 fully saturated rings. The van der Waals surface area contributed by atoms with E-state index in [1.54, 1.807) is 6.20 Å². The van der Waals surface area contributed by atoms with Gasteiger partial charge in [0.1, 0.15) is 5.82 Å². The number of nitrogens with two attached hydrogens (primary N) is 1. The van der Waals surface area contributed by atoms with Gasteiger partial charge in [0.2, 0.25) is 0 Å². The summed E-state index contributed by atoms with van der Waals surface area (Å²) in [5.74, 6) is 0.840. The molecule has 21 heavy (non-hydrogen) atoms. The van der Waals surface area contributed by atoms with Crippen molar-refractivity contribution in [1.29, 1.82) is 0 Å². The predicted molar refractivity (Wildman–Crippen MR) is 85.5 cm³/mol. The highest BCUT2D eigenvalue weighted by Crippen LogP contribution is 2.17. The fraction of sp³-hybridized carbons (Fsp3) is 0.625. The second kappa shape index (κ2) is 6.89. The maximum absolute atomic E-state index is 12.1. The van der Waals surface area contributed by atoms with Gasteiger partial charge in [-0.25, -0.2) is 4.98 Å². The number of rotatable bonds is 4. The molecule has 0 bridgehead atoms. The summed E-state index contributed by atoms with van der Waals surface area (Å²) < 4.78 is 0. The van der Waals surface area contributed by atoms with E-state index < -0.39 is 5.54 Å². The highest BCUT2D eigenvalue weighted by atomic mass is 16.1. The van der Waals surface area contributed by atoms with Crippen molar-refractivity contribution in [3.05, 3.63) is 23.9 Å². The maximum Gasteiger partial charge on any atom is 0.253 e. The molecule has 1 aliphatic rings. The highest BCUT2D eigenvalue weighted by Gasteiger charge is 2.19. The number of aromatic nitrogens is 1. The van der Waals surface area contributed by atoms with Crippen LogP contribution in [0.2, 0.25) is 0 Å². The van der Waals surface area contributed by atoms with E-state index in [0.717, 1.165) is 18.9 Å². The Hall–Kier alpha value is -1.62. The normalized spacial score (nSPS) is 16.4. The third-order valence-corrected chi connectivity index (χ3v) is 3.90. The fourth-order valence-electron chi connectivity index (χ4n) is 2.44. The number of amides is 1. The number of carbonyl (C=O) groups is 1. The number of nitrogens with zero attached hydrogens (tertiary/aromatic N) is 2. The van der Waals surface area contributed by atoms with Gasteiger partial charge in [-0.2, -0.15) is 0 Å². The maximum atomic E-state index is 12.1. The van der Waals surface area contributed by atoms with Gasteiger partial charge in [0.05, 0.1) is 5.56 Å².